The number of likely N-dealkylation sites (N-methyl/N-ethyl adjacent to an activating group) is 1. The molecule has 1 aliphatic heterocycles. The number of hydrogen-bond acceptors (Lipinski definition) is 3. The van der Waals surface area contributed by atoms with Gasteiger partial charge in [-0.25, -0.2) is 4.39 Å². The van der Waals surface area contributed by atoms with E-state index in [1.807, 2.05) is 12.1 Å². The Hall–Kier alpha value is -0.650. The smallest absolute Gasteiger partial charge is 0.160 e. The van der Waals surface area contributed by atoms with Gasteiger partial charge in [-0.15, -0.1) is 0 Å². The summed E-state index contributed by atoms with van der Waals surface area (Å²) in [6, 6.07) is 4.05. The number of piperazine rings is 1. The van der Waals surface area contributed by atoms with Crippen LogP contribution < -0.4 is 10.6 Å². The highest BCUT2D eigenvalue weighted by Crippen LogP contribution is 2.31. The molecule has 5 heteroatoms. The maximum absolute atomic E-state index is 14.3. The molecule has 1 aromatic rings. The normalized spacial score (nSPS) is 21.4. The van der Waals surface area contributed by atoms with E-state index in [2.05, 4.69) is 39.7 Å². The minimum absolute atomic E-state index is 0.200. The first kappa shape index (κ1) is 13.8. The summed E-state index contributed by atoms with van der Waals surface area (Å²) in [7, 11) is 2.09. The molecule has 1 aliphatic rings. The highest BCUT2D eigenvalue weighted by atomic mass is 79.9. The van der Waals surface area contributed by atoms with Crippen LogP contribution in [0.15, 0.2) is 16.6 Å². The van der Waals surface area contributed by atoms with Crippen molar-refractivity contribution < 1.29 is 4.39 Å². The van der Waals surface area contributed by atoms with Crippen LogP contribution in [0.1, 0.15) is 12.5 Å². The van der Waals surface area contributed by atoms with E-state index in [1.54, 1.807) is 0 Å². The summed E-state index contributed by atoms with van der Waals surface area (Å²) in [5.74, 6) is -0.200. The van der Waals surface area contributed by atoms with Gasteiger partial charge in [0.25, 0.3) is 0 Å². The Labute approximate surface area is 116 Å². The van der Waals surface area contributed by atoms with Crippen molar-refractivity contribution in [2.75, 3.05) is 31.6 Å². The zero-order valence-electron chi connectivity index (χ0n) is 10.8. The van der Waals surface area contributed by atoms with Gasteiger partial charge >= 0.3 is 0 Å². The summed E-state index contributed by atoms with van der Waals surface area (Å²) >= 11 is 3.30. The average molecular weight is 316 g/mol. The number of benzene rings is 1. The van der Waals surface area contributed by atoms with Crippen molar-refractivity contribution in [3.8, 4) is 0 Å². The van der Waals surface area contributed by atoms with Crippen LogP contribution in [0.5, 0.6) is 0 Å². The Morgan fingerprint density at radius 2 is 2.17 bits per heavy atom. The predicted molar refractivity (Wildman–Crippen MR) is 76.3 cm³/mol. The predicted octanol–water partition coefficient (Wildman–Crippen LogP) is 2.19. The van der Waals surface area contributed by atoms with Gasteiger partial charge in [0, 0.05) is 32.2 Å². The molecule has 1 atom stereocenters. The minimum Gasteiger partial charge on any atom is -0.364 e. The molecular weight excluding hydrogens is 297 g/mol. The molecule has 3 nitrogen and oxygen atoms in total. The third-order valence-electron chi connectivity index (χ3n) is 3.50. The standard InChI is InChI=1S/C13H19BrFN3/c1-9-8-17(2)5-6-18(9)11-4-3-10(7-16)12(14)13(11)15/h3-4,9H,5-8,16H2,1-2H3. The fourth-order valence-corrected chi connectivity index (χ4v) is 2.95. The van der Waals surface area contributed by atoms with Crippen LogP contribution in [0, 0.1) is 5.82 Å². The molecule has 0 amide bonds. The molecule has 0 radical (unpaired) electrons. The lowest BCUT2D eigenvalue weighted by molar-refractivity contribution is 0.274. The molecule has 2 rings (SSSR count). The zero-order valence-corrected chi connectivity index (χ0v) is 12.4. The lowest BCUT2D eigenvalue weighted by Crippen LogP contribution is -2.50. The van der Waals surface area contributed by atoms with E-state index in [0.29, 0.717) is 22.7 Å². The zero-order chi connectivity index (χ0) is 13.3. The summed E-state index contributed by atoms with van der Waals surface area (Å²) in [6.45, 7) is 5.23. The van der Waals surface area contributed by atoms with Gasteiger partial charge in [-0.1, -0.05) is 6.07 Å². The van der Waals surface area contributed by atoms with Gasteiger partial charge < -0.3 is 15.5 Å². The summed E-state index contributed by atoms with van der Waals surface area (Å²) in [6.07, 6.45) is 0. The summed E-state index contributed by atoms with van der Waals surface area (Å²) in [4.78, 5) is 4.39. The number of nitrogens with zero attached hydrogens (tertiary/aromatic N) is 2. The van der Waals surface area contributed by atoms with Crippen molar-refractivity contribution in [1.29, 1.82) is 0 Å². The van der Waals surface area contributed by atoms with Gasteiger partial charge in [-0.05, 0) is 41.5 Å². The average Bonchev–Trinajstić information content (AvgIpc) is 2.34. The first-order chi connectivity index (χ1) is 8.54. The highest BCUT2D eigenvalue weighted by molar-refractivity contribution is 9.10. The molecule has 2 N–H and O–H groups in total. The monoisotopic (exact) mass is 315 g/mol. The van der Waals surface area contributed by atoms with E-state index in [-0.39, 0.29) is 5.82 Å². The SMILES string of the molecule is CC1CN(C)CCN1c1ccc(CN)c(Br)c1F. The third-order valence-corrected chi connectivity index (χ3v) is 4.36. The Bertz CT molecular complexity index is 438. The van der Waals surface area contributed by atoms with E-state index in [0.717, 1.165) is 25.2 Å². The van der Waals surface area contributed by atoms with Crippen LogP contribution in [-0.4, -0.2) is 37.6 Å². The fourth-order valence-electron chi connectivity index (χ4n) is 2.46. The second kappa shape index (κ2) is 5.55. The Morgan fingerprint density at radius 3 is 2.78 bits per heavy atom. The maximum atomic E-state index is 14.3. The molecule has 0 saturated carbocycles. The molecule has 1 fully saturated rings. The Kier molecular flexibility index (Phi) is 4.25. The molecule has 0 aliphatic carbocycles. The fraction of sp³-hybridized carbons (Fsp3) is 0.538. The number of hydrogen-bond donors (Lipinski definition) is 1. The second-order valence-corrected chi connectivity index (χ2v) is 5.67. The van der Waals surface area contributed by atoms with E-state index in [9.17, 15) is 4.39 Å². The van der Waals surface area contributed by atoms with Crippen LogP contribution in [0.3, 0.4) is 0 Å². The van der Waals surface area contributed by atoms with Crippen LogP contribution in [0.25, 0.3) is 0 Å². The molecular formula is C13H19BrFN3. The van der Waals surface area contributed by atoms with E-state index in [1.165, 1.54) is 0 Å². The Balaban J connectivity index is 2.31. The molecule has 1 saturated heterocycles. The van der Waals surface area contributed by atoms with Gasteiger partial charge in [-0.3, -0.25) is 0 Å². The van der Waals surface area contributed by atoms with Crippen LogP contribution in [0.2, 0.25) is 0 Å². The molecule has 1 unspecified atom stereocenters. The molecule has 1 aromatic carbocycles. The first-order valence-corrected chi connectivity index (χ1v) is 6.96. The van der Waals surface area contributed by atoms with Crippen molar-refractivity contribution in [2.24, 2.45) is 5.73 Å². The molecule has 0 aromatic heterocycles. The highest BCUT2D eigenvalue weighted by Gasteiger charge is 2.25. The van der Waals surface area contributed by atoms with Crippen LogP contribution in [0.4, 0.5) is 10.1 Å². The minimum atomic E-state index is -0.200. The lowest BCUT2D eigenvalue weighted by atomic mass is 10.1. The lowest BCUT2D eigenvalue weighted by Gasteiger charge is -2.40. The van der Waals surface area contributed by atoms with E-state index < -0.39 is 0 Å². The molecule has 100 valence electrons. The molecule has 1 heterocycles. The first-order valence-electron chi connectivity index (χ1n) is 6.16. The molecule has 18 heavy (non-hydrogen) atoms. The van der Waals surface area contributed by atoms with Gasteiger partial charge in [0.1, 0.15) is 0 Å². The Morgan fingerprint density at radius 1 is 1.44 bits per heavy atom. The van der Waals surface area contributed by atoms with Crippen molar-refractivity contribution >= 4 is 21.6 Å². The number of rotatable bonds is 2. The quantitative estimate of drug-likeness (QED) is 0.908. The van der Waals surface area contributed by atoms with E-state index >= 15 is 0 Å². The maximum Gasteiger partial charge on any atom is 0.160 e. The van der Waals surface area contributed by atoms with Gasteiger partial charge in [0.05, 0.1) is 10.2 Å². The van der Waals surface area contributed by atoms with Gasteiger partial charge in [0.2, 0.25) is 0 Å². The van der Waals surface area contributed by atoms with Crippen molar-refractivity contribution in [3.05, 3.63) is 28.0 Å². The van der Waals surface area contributed by atoms with Gasteiger partial charge in [0.15, 0.2) is 5.82 Å². The molecule has 0 spiro atoms. The number of halogens is 2. The topological polar surface area (TPSA) is 32.5 Å². The summed E-state index contributed by atoms with van der Waals surface area (Å²) < 4.78 is 14.8. The van der Waals surface area contributed by atoms with Crippen molar-refractivity contribution in [2.45, 2.75) is 19.5 Å². The molecule has 0 bridgehead atoms. The van der Waals surface area contributed by atoms with Gasteiger partial charge in [-0.2, -0.15) is 0 Å². The van der Waals surface area contributed by atoms with Crippen molar-refractivity contribution in [3.63, 3.8) is 0 Å². The van der Waals surface area contributed by atoms with Crippen molar-refractivity contribution in [1.82, 2.24) is 4.90 Å². The number of anilines is 1. The van der Waals surface area contributed by atoms with Crippen LogP contribution >= 0.6 is 15.9 Å². The largest absolute Gasteiger partial charge is 0.364 e. The summed E-state index contributed by atoms with van der Waals surface area (Å²) in [5.41, 5.74) is 7.05. The third kappa shape index (κ3) is 2.53. The second-order valence-electron chi connectivity index (χ2n) is 4.88. The summed E-state index contributed by atoms with van der Waals surface area (Å²) in [5, 5.41) is 0. The van der Waals surface area contributed by atoms with Crippen LogP contribution in [-0.2, 0) is 6.54 Å². The van der Waals surface area contributed by atoms with E-state index in [4.69, 9.17) is 5.73 Å². The number of nitrogens with two attached hydrogens (primary N) is 1.